The van der Waals surface area contributed by atoms with Crippen LogP contribution in [0.3, 0.4) is 0 Å². The zero-order chi connectivity index (χ0) is 18.0. The van der Waals surface area contributed by atoms with E-state index in [1.807, 2.05) is 0 Å². The minimum atomic E-state index is -0.631. The topological polar surface area (TPSA) is 108 Å². The van der Waals surface area contributed by atoms with E-state index in [9.17, 15) is 14.4 Å². The molecule has 8 nitrogen and oxygen atoms in total. The summed E-state index contributed by atoms with van der Waals surface area (Å²) < 4.78 is 7.19. The fourth-order valence-electron chi connectivity index (χ4n) is 2.75. The Kier molecular flexibility index (Phi) is 4.51. The van der Waals surface area contributed by atoms with Crippen molar-refractivity contribution in [1.82, 2.24) is 14.5 Å². The Morgan fingerprint density at radius 1 is 1.36 bits per heavy atom. The minimum Gasteiger partial charge on any atom is -0.488 e. The van der Waals surface area contributed by atoms with Gasteiger partial charge in [0.25, 0.3) is 17.4 Å². The molecular weight excluding hydrogens is 324 g/mol. The van der Waals surface area contributed by atoms with Gasteiger partial charge < -0.3 is 19.9 Å². The molecule has 1 fully saturated rings. The number of carbonyl (C=O) groups is 2. The van der Waals surface area contributed by atoms with E-state index in [0.717, 1.165) is 0 Å². The summed E-state index contributed by atoms with van der Waals surface area (Å²) in [6.07, 6.45) is 3.46. The molecule has 1 aliphatic heterocycles. The van der Waals surface area contributed by atoms with Gasteiger partial charge in [-0.15, -0.1) is 0 Å². The number of carbonyl (C=O) groups excluding carboxylic acids is 2. The lowest BCUT2D eigenvalue weighted by atomic mass is 10.2. The highest BCUT2D eigenvalue weighted by Crippen LogP contribution is 2.19. The van der Waals surface area contributed by atoms with Crippen LogP contribution >= 0.6 is 0 Å². The molecule has 2 aromatic rings. The fraction of sp³-hybridized carbons (Fsp3) is 0.294. The first kappa shape index (κ1) is 16.7. The van der Waals surface area contributed by atoms with Crippen molar-refractivity contribution in [3.8, 4) is 5.75 Å². The Morgan fingerprint density at radius 3 is 2.92 bits per heavy atom. The number of aryl methyl sites for hydroxylation is 1. The molecule has 1 saturated heterocycles. The van der Waals surface area contributed by atoms with Crippen molar-refractivity contribution >= 4 is 11.8 Å². The number of primary amides is 1. The van der Waals surface area contributed by atoms with Crippen LogP contribution in [-0.4, -0.2) is 45.5 Å². The second-order valence-electron chi connectivity index (χ2n) is 5.86. The van der Waals surface area contributed by atoms with E-state index in [1.54, 1.807) is 30.3 Å². The van der Waals surface area contributed by atoms with Gasteiger partial charge in [0.05, 0.1) is 6.54 Å². The number of pyridine rings is 2. The van der Waals surface area contributed by atoms with Crippen LogP contribution in [0.15, 0.2) is 41.5 Å². The van der Waals surface area contributed by atoms with Crippen LogP contribution in [0.1, 0.15) is 27.3 Å². The number of hydrogen-bond acceptors (Lipinski definition) is 5. The third-order valence-electron chi connectivity index (χ3n) is 4.07. The minimum absolute atomic E-state index is 0.121. The molecule has 1 aliphatic rings. The molecule has 0 unspecified atom stereocenters. The van der Waals surface area contributed by atoms with Crippen molar-refractivity contribution in [3.63, 3.8) is 0 Å². The van der Waals surface area contributed by atoms with E-state index in [4.69, 9.17) is 10.5 Å². The van der Waals surface area contributed by atoms with Crippen molar-refractivity contribution < 1.29 is 14.3 Å². The van der Waals surface area contributed by atoms with Crippen molar-refractivity contribution in [3.05, 3.63) is 58.3 Å². The van der Waals surface area contributed by atoms with Crippen LogP contribution < -0.4 is 16.0 Å². The number of rotatable bonds is 4. The predicted molar refractivity (Wildman–Crippen MR) is 89.4 cm³/mol. The highest BCUT2D eigenvalue weighted by atomic mass is 16.5. The summed E-state index contributed by atoms with van der Waals surface area (Å²) in [6.45, 7) is 0.862. The summed E-state index contributed by atoms with van der Waals surface area (Å²) in [7, 11) is 1.61. The average molecular weight is 342 g/mol. The molecule has 3 heterocycles. The molecule has 130 valence electrons. The third kappa shape index (κ3) is 3.52. The average Bonchev–Trinajstić information content (AvgIpc) is 3.05. The third-order valence-corrected chi connectivity index (χ3v) is 4.07. The number of aromatic nitrogens is 2. The van der Waals surface area contributed by atoms with Crippen molar-refractivity contribution in [2.45, 2.75) is 12.5 Å². The second-order valence-corrected chi connectivity index (χ2v) is 5.86. The lowest BCUT2D eigenvalue weighted by molar-refractivity contribution is 0.0770. The van der Waals surface area contributed by atoms with E-state index in [2.05, 4.69) is 4.98 Å². The Morgan fingerprint density at radius 2 is 2.16 bits per heavy atom. The monoisotopic (exact) mass is 342 g/mol. The first-order valence-corrected chi connectivity index (χ1v) is 7.83. The molecule has 2 N–H and O–H groups in total. The number of likely N-dealkylation sites (tertiary alicyclic amines) is 1. The number of ether oxygens (including phenoxy) is 1. The molecule has 3 rings (SSSR count). The molecule has 2 aromatic heterocycles. The van der Waals surface area contributed by atoms with Crippen LogP contribution in [0, 0.1) is 0 Å². The van der Waals surface area contributed by atoms with Crippen molar-refractivity contribution in [1.29, 1.82) is 0 Å². The summed E-state index contributed by atoms with van der Waals surface area (Å²) in [6, 6.07) is 6.30. The Balaban J connectivity index is 1.68. The summed E-state index contributed by atoms with van der Waals surface area (Å²) in [5.74, 6) is -0.466. The molecule has 1 atom stereocenters. The van der Waals surface area contributed by atoms with E-state index >= 15 is 0 Å². The molecule has 8 heteroatoms. The summed E-state index contributed by atoms with van der Waals surface area (Å²) in [5.41, 5.74) is 5.15. The molecule has 0 aliphatic carbocycles. The van der Waals surface area contributed by atoms with Gasteiger partial charge in [-0.25, -0.2) is 0 Å². The highest BCUT2D eigenvalue weighted by Gasteiger charge is 2.29. The quantitative estimate of drug-likeness (QED) is 0.852. The number of nitrogens with two attached hydrogens (primary N) is 1. The maximum absolute atomic E-state index is 12.5. The normalized spacial score (nSPS) is 16.7. The van der Waals surface area contributed by atoms with Gasteiger partial charge in [-0.3, -0.25) is 19.4 Å². The Bertz CT molecular complexity index is 877. The van der Waals surface area contributed by atoms with Crippen molar-refractivity contribution in [2.24, 2.45) is 12.8 Å². The standard InChI is InChI=1S/C17H18N4O4/c1-20-7-2-3-13(16(20)23)17(24)21-8-5-12(10-21)25-11-4-6-19-14(9-11)15(18)22/h2-4,6-7,9,12H,5,8,10H2,1H3,(H2,18,22)/t12-/m0/s1. The number of nitrogens with zero attached hydrogens (tertiary/aromatic N) is 3. The predicted octanol–water partition coefficient (Wildman–Crippen LogP) is 0.173. The van der Waals surface area contributed by atoms with Gasteiger partial charge >= 0.3 is 0 Å². The zero-order valence-electron chi connectivity index (χ0n) is 13.7. The van der Waals surface area contributed by atoms with Crippen LogP contribution in [0.25, 0.3) is 0 Å². The van der Waals surface area contributed by atoms with Gasteiger partial charge in [0, 0.05) is 38.5 Å². The van der Waals surface area contributed by atoms with Gasteiger partial charge in [0.1, 0.15) is 23.1 Å². The fourth-order valence-corrected chi connectivity index (χ4v) is 2.75. The molecule has 0 saturated carbocycles. The lowest BCUT2D eigenvalue weighted by Crippen LogP contribution is -2.35. The second kappa shape index (κ2) is 6.76. The maximum Gasteiger partial charge on any atom is 0.267 e. The molecule has 0 spiro atoms. The lowest BCUT2D eigenvalue weighted by Gasteiger charge is -2.17. The molecule has 0 radical (unpaired) electrons. The molecule has 25 heavy (non-hydrogen) atoms. The molecule has 2 amide bonds. The smallest absolute Gasteiger partial charge is 0.267 e. The van der Waals surface area contributed by atoms with Gasteiger partial charge in [-0.05, 0) is 18.2 Å². The Labute approximate surface area is 143 Å². The van der Waals surface area contributed by atoms with Crippen LogP contribution in [-0.2, 0) is 7.05 Å². The van der Waals surface area contributed by atoms with E-state index in [1.165, 1.54) is 22.9 Å². The van der Waals surface area contributed by atoms with Gasteiger partial charge in [-0.1, -0.05) is 0 Å². The first-order chi connectivity index (χ1) is 12.0. The zero-order valence-corrected chi connectivity index (χ0v) is 13.7. The summed E-state index contributed by atoms with van der Waals surface area (Å²) in [4.78, 5) is 41.2. The summed E-state index contributed by atoms with van der Waals surface area (Å²) in [5, 5.41) is 0. The summed E-state index contributed by atoms with van der Waals surface area (Å²) >= 11 is 0. The van der Waals surface area contributed by atoms with Crippen molar-refractivity contribution in [2.75, 3.05) is 13.1 Å². The molecule has 0 aromatic carbocycles. The van der Waals surface area contributed by atoms with E-state index in [0.29, 0.717) is 25.3 Å². The van der Waals surface area contributed by atoms with Gasteiger partial charge in [-0.2, -0.15) is 0 Å². The van der Waals surface area contributed by atoms with E-state index in [-0.39, 0.29) is 28.8 Å². The Hall–Kier alpha value is -3.16. The number of hydrogen-bond donors (Lipinski definition) is 1. The van der Waals surface area contributed by atoms with Crippen LogP contribution in [0.2, 0.25) is 0 Å². The largest absolute Gasteiger partial charge is 0.488 e. The highest BCUT2D eigenvalue weighted by molar-refractivity contribution is 5.94. The van der Waals surface area contributed by atoms with Crippen LogP contribution in [0.4, 0.5) is 0 Å². The molecular formula is C17H18N4O4. The molecule has 0 bridgehead atoms. The van der Waals surface area contributed by atoms with Gasteiger partial charge in [0.15, 0.2) is 0 Å². The van der Waals surface area contributed by atoms with Crippen LogP contribution in [0.5, 0.6) is 5.75 Å². The van der Waals surface area contributed by atoms with E-state index < -0.39 is 5.91 Å². The maximum atomic E-state index is 12.5. The SMILES string of the molecule is Cn1cccc(C(=O)N2CC[C@H](Oc3ccnc(C(N)=O)c3)C2)c1=O. The van der Waals surface area contributed by atoms with Gasteiger partial charge in [0.2, 0.25) is 0 Å². The number of amides is 2. The first-order valence-electron chi connectivity index (χ1n) is 7.83.